The van der Waals surface area contributed by atoms with Crippen LogP contribution in [0.3, 0.4) is 0 Å². The van der Waals surface area contributed by atoms with E-state index in [2.05, 4.69) is 0 Å². The van der Waals surface area contributed by atoms with Crippen LogP contribution in [-0.2, 0) is 0 Å². The molecule has 0 atom stereocenters. The summed E-state index contributed by atoms with van der Waals surface area (Å²) in [6, 6.07) is 2.60. The van der Waals surface area contributed by atoms with Crippen LogP contribution in [0.25, 0.3) is 0 Å². The number of carbonyl (C=O) groups is 1. The molecule has 1 aromatic rings. The van der Waals surface area contributed by atoms with E-state index in [1.807, 2.05) is 12.2 Å². The molecule has 1 aromatic carbocycles. The molecule has 2 N–H and O–H groups in total. The smallest absolute Gasteiger partial charge is 0.409 e. The van der Waals surface area contributed by atoms with Gasteiger partial charge in [-0.3, -0.25) is 5.32 Å². The van der Waals surface area contributed by atoms with Gasteiger partial charge in [0.2, 0.25) is 0 Å². The zero-order chi connectivity index (χ0) is 12.1. The Bertz CT molecular complexity index is 393. The summed E-state index contributed by atoms with van der Waals surface area (Å²) in [5.74, 6) is -0.115. The van der Waals surface area contributed by atoms with Crippen LogP contribution in [0.2, 0.25) is 0 Å². The molecule has 0 aromatic heterocycles. The van der Waals surface area contributed by atoms with Crippen molar-refractivity contribution in [3.63, 3.8) is 0 Å². The minimum atomic E-state index is -1.30. The van der Waals surface area contributed by atoms with E-state index in [9.17, 15) is 9.18 Å². The number of hydrogen-bond donors (Lipinski definition) is 2. The number of benzene rings is 1. The second-order valence-electron chi connectivity index (χ2n) is 3.38. The zero-order valence-electron chi connectivity index (χ0n) is 9.21. The van der Waals surface area contributed by atoms with Crippen molar-refractivity contribution in [2.24, 2.45) is 0 Å². The van der Waals surface area contributed by atoms with Crippen LogP contribution in [-0.4, -0.2) is 17.8 Å². The summed E-state index contributed by atoms with van der Waals surface area (Å²) >= 11 is 0. The first-order valence-corrected chi connectivity index (χ1v) is 4.97. The largest absolute Gasteiger partial charge is 0.493 e. The van der Waals surface area contributed by atoms with E-state index in [0.29, 0.717) is 17.9 Å². The lowest BCUT2D eigenvalue weighted by molar-refractivity contribution is 0.209. The van der Waals surface area contributed by atoms with Crippen molar-refractivity contribution in [2.75, 3.05) is 11.9 Å². The van der Waals surface area contributed by atoms with Crippen LogP contribution in [0.1, 0.15) is 18.9 Å². The number of halogens is 1. The zero-order valence-corrected chi connectivity index (χ0v) is 9.21. The molecule has 0 fully saturated rings. The molecule has 5 heteroatoms. The molecule has 0 radical (unpaired) electrons. The van der Waals surface area contributed by atoms with Crippen LogP contribution >= 0.6 is 0 Å². The summed E-state index contributed by atoms with van der Waals surface area (Å²) in [7, 11) is 0. The van der Waals surface area contributed by atoms with Crippen molar-refractivity contribution in [1.82, 2.24) is 0 Å². The summed E-state index contributed by atoms with van der Waals surface area (Å²) < 4.78 is 18.7. The highest BCUT2D eigenvalue weighted by Crippen LogP contribution is 2.26. The van der Waals surface area contributed by atoms with E-state index in [0.717, 1.165) is 6.42 Å². The highest BCUT2D eigenvalue weighted by molar-refractivity contribution is 5.83. The molecule has 0 aliphatic carbocycles. The van der Waals surface area contributed by atoms with Crippen molar-refractivity contribution in [2.45, 2.75) is 20.3 Å². The predicted octanol–water partition coefficient (Wildman–Crippen LogP) is 3.01. The maximum Gasteiger partial charge on any atom is 0.409 e. The predicted molar refractivity (Wildman–Crippen MR) is 58.6 cm³/mol. The fraction of sp³-hybridized carbons (Fsp3) is 0.364. The third kappa shape index (κ3) is 3.12. The second kappa shape index (κ2) is 5.34. The molecule has 0 heterocycles. The SMILES string of the molecule is CCCOc1cc(NC(=O)O)c(F)cc1C. The molecule has 1 amide bonds. The Kier molecular flexibility index (Phi) is 4.10. The number of hydrogen-bond acceptors (Lipinski definition) is 2. The Morgan fingerprint density at radius 3 is 2.81 bits per heavy atom. The first kappa shape index (κ1) is 12.3. The molecule has 0 saturated heterocycles. The maximum absolute atomic E-state index is 13.3. The van der Waals surface area contributed by atoms with Crippen LogP contribution in [0.4, 0.5) is 14.9 Å². The highest BCUT2D eigenvalue weighted by Gasteiger charge is 2.10. The molecule has 0 aliphatic rings. The number of ether oxygens (including phenoxy) is 1. The van der Waals surface area contributed by atoms with Crippen molar-refractivity contribution in [3.8, 4) is 5.75 Å². The lowest BCUT2D eigenvalue weighted by Gasteiger charge is -2.11. The van der Waals surface area contributed by atoms with Crippen LogP contribution in [0.15, 0.2) is 12.1 Å². The lowest BCUT2D eigenvalue weighted by atomic mass is 10.2. The van der Waals surface area contributed by atoms with Gasteiger partial charge >= 0.3 is 6.09 Å². The molecule has 0 spiro atoms. The van der Waals surface area contributed by atoms with Gasteiger partial charge in [-0.05, 0) is 25.0 Å². The van der Waals surface area contributed by atoms with E-state index >= 15 is 0 Å². The molecular formula is C11H14FNO3. The van der Waals surface area contributed by atoms with E-state index in [1.165, 1.54) is 12.1 Å². The average molecular weight is 227 g/mol. The highest BCUT2D eigenvalue weighted by atomic mass is 19.1. The number of aryl methyl sites for hydroxylation is 1. The Morgan fingerprint density at radius 2 is 2.25 bits per heavy atom. The monoisotopic (exact) mass is 227 g/mol. The van der Waals surface area contributed by atoms with Gasteiger partial charge in [-0.15, -0.1) is 0 Å². The number of carboxylic acid groups (broad SMARTS) is 1. The van der Waals surface area contributed by atoms with E-state index in [1.54, 1.807) is 6.92 Å². The van der Waals surface area contributed by atoms with Gasteiger partial charge in [0.05, 0.1) is 12.3 Å². The normalized spacial score (nSPS) is 9.94. The minimum Gasteiger partial charge on any atom is -0.493 e. The molecule has 0 aliphatic heterocycles. The summed E-state index contributed by atoms with van der Waals surface area (Å²) in [4.78, 5) is 10.4. The number of rotatable bonds is 4. The Balaban J connectivity index is 2.96. The fourth-order valence-electron chi connectivity index (χ4n) is 1.23. The van der Waals surface area contributed by atoms with Crippen molar-refractivity contribution in [3.05, 3.63) is 23.5 Å². The Hall–Kier alpha value is -1.78. The summed E-state index contributed by atoms with van der Waals surface area (Å²) in [5.41, 5.74) is 0.547. The van der Waals surface area contributed by atoms with Gasteiger partial charge in [-0.1, -0.05) is 6.92 Å². The van der Waals surface area contributed by atoms with Crippen molar-refractivity contribution >= 4 is 11.8 Å². The number of nitrogens with one attached hydrogen (secondary N) is 1. The first-order chi connectivity index (χ1) is 7.54. The average Bonchev–Trinajstić information content (AvgIpc) is 2.20. The van der Waals surface area contributed by atoms with Crippen LogP contribution < -0.4 is 10.1 Å². The number of amides is 1. The van der Waals surface area contributed by atoms with E-state index < -0.39 is 11.9 Å². The van der Waals surface area contributed by atoms with Gasteiger partial charge in [0.25, 0.3) is 0 Å². The molecule has 0 saturated carbocycles. The summed E-state index contributed by atoms with van der Waals surface area (Å²) in [6.07, 6.45) is -0.470. The number of anilines is 1. The van der Waals surface area contributed by atoms with Gasteiger partial charge in [-0.25, -0.2) is 9.18 Å². The first-order valence-electron chi connectivity index (χ1n) is 4.97. The topological polar surface area (TPSA) is 58.6 Å². The van der Waals surface area contributed by atoms with Crippen LogP contribution in [0, 0.1) is 12.7 Å². The maximum atomic E-state index is 13.3. The van der Waals surface area contributed by atoms with Gasteiger partial charge in [-0.2, -0.15) is 0 Å². The molecule has 4 nitrogen and oxygen atoms in total. The van der Waals surface area contributed by atoms with E-state index in [4.69, 9.17) is 9.84 Å². The van der Waals surface area contributed by atoms with Gasteiger partial charge < -0.3 is 9.84 Å². The Morgan fingerprint density at radius 1 is 1.56 bits per heavy atom. The van der Waals surface area contributed by atoms with Crippen molar-refractivity contribution < 1.29 is 19.0 Å². The fourth-order valence-corrected chi connectivity index (χ4v) is 1.23. The third-order valence-corrected chi connectivity index (χ3v) is 1.97. The lowest BCUT2D eigenvalue weighted by Crippen LogP contribution is -2.09. The van der Waals surface area contributed by atoms with Gasteiger partial charge in [0.15, 0.2) is 0 Å². The molecule has 1 rings (SSSR count). The second-order valence-corrected chi connectivity index (χ2v) is 3.38. The van der Waals surface area contributed by atoms with Gasteiger partial charge in [0.1, 0.15) is 11.6 Å². The van der Waals surface area contributed by atoms with Crippen LogP contribution in [0.5, 0.6) is 5.75 Å². The molecular weight excluding hydrogens is 213 g/mol. The molecule has 88 valence electrons. The standard InChI is InChI=1S/C11H14FNO3/c1-3-4-16-10-6-9(13-11(14)15)8(12)5-7(10)2/h5-6,13H,3-4H2,1-2H3,(H,14,15). The van der Waals surface area contributed by atoms with Crippen molar-refractivity contribution in [1.29, 1.82) is 0 Å². The van der Waals surface area contributed by atoms with Gasteiger partial charge in [0, 0.05) is 6.07 Å². The molecule has 0 bridgehead atoms. The minimum absolute atomic E-state index is 0.0933. The molecule has 16 heavy (non-hydrogen) atoms. The summed E-state index contributed by atoms with van der Waals surface area (Å²) in [6.45, 7) is 4.17. The van der Waals surface area contributed by atoms with E-state index in [-0.39, 0.29) is 5.69 Å². The quantitative estimate of drug-likeness (QED) is 0.831. The third-order valence-electron chi connectivity index (χ3n) is 1.97. The summed E-state index contributed by atoms with van der Waals surface area (Å²) in [5, 5.41) is 10.5. The molecule has 0 unspecified atom stereocenters. The Labute approximate surface area is 93.0 Å².